The summed E-state index contributed by atoms with van der Waals surface area (Å²) in [4.78, 5) is 4.69. The smallest absolute Gasteiger partial charge is 0.160 e. The Hall–Kier alpha value is -3.11. The maximum absolute atomic E-state index is 4.69. The normalized spacial score (nSPS) is 23.6. The average Bonchev–Trinajstić information content (AvgIpc) is 3.28. The van der Waals surface area contributed by atoms with Crippen LogP contribution in [0.5, 0.6) is 0 Å². The molecular weight excluding hydrogens is 406 g/mol. The Morgan fingerprint density at radius 1 is 0.875 bits per heavy atom. The lowest BCUT2D eigenvalue weighted by molar-refractivity contribution is 0.557. The van der Waals surface area contributed by atoms with Crippen molar-refractivity contribution in [2.24, 2.45) is 11.8 Å². The number of nitrogens with one attached hydrogen (secondary N) is 1. The van der Waals surface area contributed by atoms with Gasteiger partial charge in [-0.25, -0.2) is 0 Å². The molecule has 0 amide bonds. The number of aromatic nitrogens is 1. The summed E-state index contributed by atoms with van der Waals surface area (Å²) in [6.07, 6.45) is 11.5. The van der Waals surface area contributed by atoms with Crippen LogP contribution < -0.4 is 9.88 Å². The van der Waals surface area contributed by atoms with Crippen LogP contribution in [-0.4, -0.2) is 13.2 Å². The van der Waals surface area contributed by atoms with E-state index in [0.717, 1.165) is 5.69 Å². The number of nitrogens with zero attached hydrogens (tertiary/aromatic N) is 2. The maximum atomic E-state index is 4.69. The fourth-order valence-electron chi connectivity index (χ4n) is 6.31. The van der Waals surface area contributed by atoms with Gasteiger partial charge in [0.2, 0.25) is 0 Å². The van der Waals surface area contributed by atoms with Crippen LogP contribution in [0.4, 0.5) is 22.7 Å². The van der Waals surface area contributed by atoms with Crippen molar-refractivity contribution in [3.8, 4) is 0 Å². The number of hydrogen-bond acceptors (Lipinski definition) is 3. The number of benzene rings is 2. The van der Waals surface area contributed by atoms with E-state index in [9.17, 15) is 0 Å². The molecule has 1 unspecified atom stereocenters. The highest BCUT2D eigenvalue weighted by Gasteiger charge is 2.50. The lowest BCUT2D eigenvalue weighted by Crippen LogP contribution is -2.52. The van der Waals surface area contributed by atoms with E-state index in [4.69, 9.17) is 0 Å². The molecular formula is C28H29N3Si. The molecule has 3 aliphatic rings. The minimum atomic E-state index is -1.92. The third kappa shape index (κ3) is 2.97. The Balaban J connectivity index is 1.40. The largest absolute Gasteiger partial charge is 0.366 e. The first-order valence-corrected chi connectivity index (χ1v) is 14.7. The lowest BCUT2D eigenvalue weighted by Gasteiger charge is -2.48. The van der Waals surface area contributed by atoms with Crippen molar-refractivity contribution in [1.82, 2.24) is 4.98 Å². The molecule has 160 valence electrons. The monoisotopic (exact) mass is 435 g/mol. The fraction of sp³-hybridized carbons (Fsp3) is 0.250. The van der Waals surface area contributed by atoms with Crippen LogP contribution >= 0.6 is 0 Å². The van der Waals surface area contributed by atoms with Gasteiger partial charge >= 0.3 is 0 Å². The maximum Gasteiger partial charge on any atom is 0.160 e. The Morgan fingerprint density at radius 3 is 2.25 bits per heavy atom. The first-order valence-electron chi connectivity index (χ1n) is 11.7. The van der Waals surface area contributed by atoms with E-state index in [1.165, 1.54) is 41.2 Å². The fourth-order valence-corrected chi connectivity index (χ4v) is 10.4. The van der Waals surface area contributed by atoms with Gasteiger partial charge in [0, 0.05) is 6.20 Å². The molecule has 0 bridgehead atoms. The SMILES string of the molecule is C[Si](C)(C1CC[C@@H]2C(c3ccccn3)=CC=C[C@H]12)N1c2ccccc2Nc2ccccc21. The van der Waals surface area contributed by atoms with Gasteiger partial charge in [-0.05, 0) is 72.2 Å². The number of allylic oxidation sites excluding steroid dienone is 4. The molecule has 32 heavy (non-hydrogen) atoms. The second-order valence-electron chi connectivity index (χ2n) is 9.74. The third-order valence-electron chi connectivity index (χ3n) is 7.73. The second kappa shape index (κ2) is 7.49. The van der Waals surface area contributed by atoms with Crippen molar-refractivity contribution < 1.29 is 0 Å². The van der Waals surface area contributed by atoms with Gasteiger partial charge in [-0.2, -0.15) is 0 Å². The van der Waals surface area contributed by atoms with Crippen LogP contribution in [0.3, 0.4) is 0 Å². The zero-order chi connectivity index (χ0) is 21.7. The van der Waals surface area contributed by atoms with Gasteiger partial charge in [-0.3, -0.25) is 4.98 Å². The predicted molar refractivity (Wildman–Crippen MR) is 137 cm³/mol. The summed E-state index contributed by atoms with van der Waals surface area (Å²) in [6.45, 7) is 5.15. The molecule has 2 heterocycles. The first kappa shape index (κ1) is 19.6. The molecule has 2 aliphatic carbocycles. The summed E-state index contributed by atoms with van der Waals surface area (Å²) >= 11 is 0. The number of fused-ring (bicyclic) bond motifs is 3. The van der Waals surface area contributed by atoms with Gasteiger partial charge in [-0.15, -0.1) is 0 Å². The minimum absolute atomic E-state index is 0.570. The van der Waals surface area contributed by atoms with Crippen molar-refractivity contribution >= 4 is 36.6 Å². The van der Waals surface area contributed by atoms with Crippen molar-refractivity contribution in [2.75, 3.05) is 9.88 Å². The molecule has 0 saturated heterocycles. The van der Waals surface area contributed by atoms with Crippen LogP contribution in [-0.2, 0) is 0 Å². The Kier molecular flexibility index (Phi) is 4.58. The number of rotatable bonds is 3. The van der Waals surface area contributed by atoms with Crippen LogP contribution in [0.15, 0.2) is 91.2 Å². The predicted octanol–water partition coefficient (Wildman–Crippen LogP) is 7.53. The number of hydrogen-bond donors (Lipinski definition) is 1. The van der Waals surface area contributed by atoms with Crippen molar-refractivity contribution in [3.05, 3.63) is 96.8 Å². The molecule has 3 nitrogen and oxygen atoms in total. The molecule has 6 rings (SSSR count). The van der Waals surface area contributed by atoms with Gasteiger partial charge in [0.05, 0.1) is 28.4 Å². The summed E-state index contributed by atoms with van der Waals surface area (Å²) in [6, 6.07) is 23.9. The Morgan fingerprint density at radius 2 is 1.56 bits per heavy atom. The highest BCUT2D eigenvalue weighted by Crippen LogP contribution is 2.57. The number of pyridine rings is 1. The van der Waals surface area contributed by atoms with E-state index in [1.807, 2.05) is 12.3 Å². The molecule has 1 aromatic heterocycles. The average molecular weight is 436 g/mol. The van der Waals surface area contributed by atoms with E-state index < -0.39 is 8.24 Å². The summed E-state index contributed by atoms with van der Waals surface area (Å²) in [5.74, 6) is 1.15. The van der Waals surface area contributed by atoms with Gasteiger partial charge in [0.1, 0.15) is 0 Å². The topological polar surface area (TPSA) is 28.2 Å². The van der Waals surface area contributed by atoms with E-state index >= 15 is 0 Å². The Bertz CT molecular complexity index is 1170. The zero-order valence-electron chi connectivity index (χ0n) is 18.7. The quantitative estimate of drug-likeness (QED) is 0.431. The molecule has 1 aliphatic heterocycles. The van der Waals surface area contributed by atoms with Crippen molar-refractivity contribution in [1.29, 1.82) is 0 Å². The molecule has 1 fully saturated rings. The highest BCUT2D eigenvalue weighted by atomic mass is 28.3. The van der Waals surface area contributed by atoms with Gasteiger partial charge in [0.25, 0.3) is 0 Å². The summed E-state index contributed by atoms with van der Waals surface area (Å²) in [5, 5.41) is 3.67. The number of para-hydroxylation sites is 4. The van der Waals surface area contributed by atoms with E-state index in [1.54, 1.807) is 0 Å². The van der Waals surface area contributed by atoms with E-state index in [0.29, 0.717) is 17.4 Å². The summed E-state index contributed by atoms with van der Waals surface area (Å²) in [5.41, 5.74) is 8.33. The zero-order valence-corrected chi connectivity index (χ0v) is 19.7. The van der Waals surface area contributed by atoms with E-state index in [2.05, 4.69) is 107 Å². The van der Waals surface area contributed by atoms with Crippen molar-refractivity contribution in [2.45, 2.75) is 31.5 Å². The standard InChI is InChI=1S/C28H29N3Si/c1-32(2,31-26-15-5-3-13-24(26)30-25-14-4-6-16-27(25)31)28-18-17-20-21(10-9-11-22(20)28)23-12-7-8-19-29-23/h3-16,19-20,22,28,30H,17-18H2,1-2H3/t20-,22+,28?/m1/s1. The van der Waals surface area contributed by atoms with Gasteiger partial charge in [0.15, 0.2) is 8.24 Å². The van der Waals surface area contributed by atoms with Gasteiger partial charge in [-0.1, -0.05) is 61.7 Å². The molecule has 0 radical (unpaired) electrons. The molecule has 4 heteroatoms. The van der Waals surface area contributed by atoms with E-state index in [-0.39, 0.29) is 0 Å². The minimum Gasteiger partial charge on any atom is -0.366 e. The van der Waals surface area contributed by atoms with Crippen LogP contribution in [0.1, 0.15) is 18.5 Å². The molecule has 1 saturated carbocycles. The van der Waals surface area contributed by atoms with Crippen LogP contribution in [0.25, 0.3) is 5.57 Å². The molecule has 1 N–H and O–H groups in total. The number of anilines is 4. The third-order valence-corrected chi connectivity index (χ3v) is 11.9. The van der Waals surface area contributed by atoms with Crippen LogP contribution in [0.2, 0.25) is 18.6 Å². The molecule has 3 atom stereocenters. The van der Waals surface area contributed by atoms with Crippen molar-refractivity contribution in [3.63, 3.8) is 0 Å². The Labute approximate surface area is 191 Å². The lowest BCUT2D eigenvalue weighted by atomic mass is 9.83. The summed E-state index contributed by atoms with van der Waals surface area (Å²) in [7, 11) is -1.92. The second-order valence-corrected chi connectivity index (χ2v) is 14.2. The first-order chi connectivity index (χ1) is 15.6. The highest BCUT2D eigenvalue weighted by molar-refractivity contribution is 6.84. The van der Waals surface area contributed by atoms with Gasteiger partial charge < -0.3 is 9.88 Å². The molecule has 0 spiro atoms. The summed E-state index contributed by atoms with van der Waals surface area (Å²) < 4.78 is 2.73. The molecule has 2 aromatic carbocycles. The molecule has 3 aromatic rings. The van der Waals surface area contributed by atoms with Crippen LogP contribution in [0, 0.1) is 11.8 Å².